The van der Waals surface area contributed by atoms with Crippen LogP contribution in [0, 0.1) is 23.7 Å². The van der Waals surface area contributed by atoms with E-state index in [9.17, 15) is 59.1 Å². The molecule has 2 saturated heterocycles. The number of alkyl carbamates (subject to hydrolysis) is 1. The molecule has 2 fully saturated rings. The monoisotopic (exact) mass is 1210 g/mol. The molecule has 0 saturated carbocycles. The lowest BCUT2D eigenvalue weighted by Crippen LogP contribution is -2.63. The van der Waals surface area contributed by atoms with E-state index < -0.39 is 139 Å². The molecule has 5 rings (SSSR count). The predicted octanol–water partition coefficient (Wildman–Crippen LogP) is 0.494. The Balaban J connectivity index is 1.38. The highest BCUT2D eigenvalue weighted by atomic mass is 16.6. The topological polar surface area (TPSA) is 376 Å². The second kappa shape index (κ2) is 32.6. The lowest BCUT2D eigenvalue weighted by atomic mass is 9.85. The third-order valence-electron chi connectivity index (χ3n) is 15.5. The van der Waals surface area contributed by atoms with Crippen molar-refractivity contribution in [1.82, 2.24) is 56.7 Å². The lowest BCUT2D eigenvalue weighted by Gasteiger charge is -2.40. The standard InChI is InChI=1S/C60H91N11O15/c1-11-35(6)48(55(81)63-30-37-20-15-16-22-62-37)69-52(78)39(34(4)5)27-45(73)40(24-33(2)3)65-54(80)44(26-38-29-61-32-64-38)70(10)57(82)41(25-36-18-13-12-14-19-36)66-53(79)43-21-17-23-71(43)58(83)42(67-59(84)86-60(7,8)9)28-47(74)68-56-51(77)50(76)49(75)46(31-72)85-56/h12-16,18-20,22,29,32-35,39-46,48-51,56,72-73,75-77H,11,17,21,23-28,30-31H2,1-10H3,(H,61,64)(H,63,81)(H,65,80)(H,66,79)(H,67,84)(H,68,74)(H,69,78)/t35?,39-,40-,41-,42-,43-,44-,45-,46?,48-,49?,50?,51?,56?/m0/s1. The van der Waals surface area contributed by atoms with Crippen molar-refractivity contribution in [1.29, 1.82) is 0 Å². The van der Waals surface area contributed by atoms with Gasteiger partial charge in [-0.05, 0) is 81.9 Å². The number of hydrogen-bond donors (Lipinski definition) is 12. The number of aliphatic hydroxyl groups excluding tert-OH is 5. The molecule has 0 bridgehead atoms. The smallest absolute Gasteiger partial charge is 0.408 e. The van der Waals surface area contributed by atoms with E-state index >= 15 is 4.79 Å². The van der Waals surface area contributed by atoms with Crippen LogP contribution in [0.1, 0.15) is 118 Å². The predicted molar refractivity (Wildman–Crippen MR) is 313 cm³/mol. The van der Waals surface area contributed by atoms with E-state index in [1.54, 1.807) is 69.4 Å². The quantitative estimate of drug-likeness (QED) is 0.0450. The van der Waals surface area contributed by atoms with Crippen molar-refractivity contribution >= 4 is 47.4 Å². The van der Waals surface area contributed by atoms with Gasteiger partial charge in [-0.2, -0.15) is 0 Å². The molecule has 14 atom stereocenters. The first-order valence-electron chi connectivity index (χ1n) is 29.6. The Labute approximate surface area is 502 Å². The van der Waals surface area contributed by atoms with Crippen LogP contribution in [0.15, 0.2) is 67.3 Å². The molecule has 0 radical (unpaired) electrons. The summed E-state index contributed by atoms with van der Waals surface area (Å²) in [6, 6.07) is 6.72. The molecule has 2 aromatic heterocycles. The van der Waals surface area contributed by atoms with Gasteiger partial charge in [0.15, 0.2) is 6.23 Å². The summed E-state index contributed by atoms with van der Waals surface area (Å²) < 4.78 is 10.8. The van der Waals surface area contributed by atoms with Gasteiger partial charge >= 0.3 is 6.09 Å². The zero-order valence-corrected chi connectivity index (χ0v) is 51.0. The van der Waals surface area contributed by atoms with Crippen LogP contribution in [0.5, 0.6) is 0 Å². The molecule has 26 heteroatoms. The highest BCUT2D eigenvalue weighted by molar-refractivity contribution is 5.97. The summed E-state index contributed by atoms with van der Waals surface area (Å²) in [5.74, 6) is -6.26. The van der Waals surface area contributed by atoms with Gasteiger partial charge in [0.05, 0.1) is 43.7 Å². The molecule has 26 nitrogen and oxygen atoms in total. The first kappa shape index (κ1) is 69.7. The number of carbonyl (C=O) groups is 8. The molecule has 476 valence electrons. The summed E-state index contributed by atoms with van der Waals surface area (Å²) in [5, 5.41) is 69.4. The van der Waals surface area contributed by atoms with Crippen molar-refractivity contribution in [3.05, 3.63) is 84.2 Å². The summed E-state index contributed by atoms with van der Waals surface area (Å²) in [7, 11) is 1.41. The van der Waals surface area contributed by atoms with Crippen molar-refractivity contribution in [3.8, 4) is 0 Å². The number of likely N-dealkylation sites (tertiary alicyclic amines) is 1. The van der Waals surface area contributed by atoms with Crippen LogP contribution in [0.2, 0.25) is 0 Å². The number of hydrogen-bond acceptors (Lipinski definition) is 17. The number of aromatic nitrogens is 3. The summed E-state index contributed by atoms with van der Waals surface area (Å²) >= 11 is 0. The van der Waals surface area contributed by atoms with E-state index in [0.717, 1.165) is 0 Å². The molecule has 2 aliphatic rings. The van der Waals surface area contributed by atoms with E-state index in [0.29, 0.717) is 29.8 Å². The first-order chi connectivity index (χ1) is 40.6. The van der Waals surface area contributed by atoms with Crippen molar-refractivity contribution in [3.63, 3.8) is 0 Å². The minimum Gasteiger partial charge on any atom is -0.444 e. The average Bonchev–Trinajstić information content (AvgIpc) is 2.96. The highest BCUT2D eigenvalue weighted by Gasteiger charge is 2.46. The second-order valence-electron chi connectivity index (χ2n) is 24.2. The fourth-order valence-electron chi connectivity index (χ4n) is 10.5. The van der Waals surface area contributed by atoms with Gasteiger partial charge in [-0.25, -0.2) is 9.78 Å². The SMILES string of the molecule is CCC(C)[C@H](NC(=O)[C@@H](C[C@H](O)[C@H](CC(C)C)NC(=O)[C@H](Cc1cnc[nH]1)N(C)C(=O)[C@H](Cc1ccccc1)NC(=O)[C@@H]1CCCN1C(=O)[C@H](CC(=O)NC1OC(CO)C(O)C(O)C1O)NC(=O)OC(C)(C)C)C(C)C)C(=O)NCc1ccccn1. The Morgan fingerprint density at radius 1 is 0.849 bits per heavy atom. The molecule has 1 aromatic carbocycles. The maximum Gasteiger partial charge on any atom is 0.408 e. The van der Waals surface area contributed by atoms with E-state index in [1.165, 1.54) is 29.4 Å². The third kappa shape index (κ3) is 20.3. The fraction of sp³-hybridized carbons (Fsp3) is 0.633. The van der Waals surface area contributed by atoms with E-state index in [2.05, 4.69) is 46.9 Å². The Kier molecular flexibility index (Phi) is 26.4. The maximum absolute atomic E-state index is 15.2. The molecule has 86 heavy (non-hydrogen) atoms. The largest absolute Gasteiger partial charge is 0.444 e. The zero-order valence-electron chi connectivity index (χ0n) is 51.0. The van der Waals surface area contributed by atoms with Crippen LogP contribution in [0.4, 0.5) is 4.79 Å². The maximum atomic E-state index is 15.2. The number of nitrogens with zero attached hydrogens (tertiary/aromatic N) is 4. The second-order valence-corrected chi connectivity index (χ2v) is 24.2. The number of likely N-dealkylation sites (N-methyl/N-ethyl adjacent to an activating group) is 1. The normalized spacial score (nSPS) is 21.6. The Hall–Kier alpha value is -7.10. The Bertz CT molecular complexity index is 2680. The van der Waals surface area contributed by atoms with Crippen LogP contribution in [-0.2, 0) is 62.4 Å². The van der Waals surface area contributed by atoms with Crippen molar-refractivity contribution in [2.75, 3.05) is 20.2 Å². The van der Waals surface area contributed by atoms with Gasteiger partial charge in [0.2, 0.25) is 41.4 Å². The van der Waals surface area contributed by atoms with Crippen LogP contribution in [0.25, 0.3) is 0 Å². The molecular formula is C60H91N11O15. The minimum atomic E-state index is -1.86. The number of ether oxygens (including phenoxy) is 2. The van der Waals surface area contributed by atoms with Gasteiger partial charge in [-0.15, -0.1) is 0 Å². The van der Waals surface area contributed by atoms with Crippen LogP contribution < -0.4 is 31.9 Å². The number of aliphatic hydroxyl groups is 5. The first-order valence-corrected chi connectivity index (χ1v) is 29.6. The number of imidazole rings is 1. The molecular weight excluding hydrogens is 1110 g/mol. The van der Waals surface area contributed by atoms with Gasteiger partial charge in [0.25, 0.3) is 0 Å². The van der Waals surface area contributed by atoms with Gasteiger partial charge < -0.3 is 81.7 Å². The number of benzene rings is 1. The fourth-order valence-corrected chi connectivity index (χ4v) is 10.5. The number of carbonyl (C=O) groups excluding carboxylic acids is 8. The summed E-state index contributed by atoms with van der Waals surface area (Å²) in [6.07, 6.45) is -6.10. The molecule has 12 N–H and O–H groups in total. The van der Waals surface area contributed by atoms with Gasteiger partial charge in [0.1, 0.15) is 60.2 Å². The molecule has 6 unspecified atom stereocenters. The van der Waals surface area contributed by atoms with Gasteiger partial charge in [0, 0.05) is 50.4 Å². The lowest BCUT2D eigenvalue weighted by molar-refractivity contribution is -0.236. The van der Waals surface area contributed by atoms with Crippen molar-refractivity contribution < 1.29 is 73.4 Å². The highest BCUT2D eigenvalue weighted by Crippen LogP contribution is 2.26. The molecule has 4 heterocycles. The Morgan fingerprint density at radius 3 is 2.15 bits per heavy atom. The van der Waals surface area contributed by atoms with Crippen molar-refractivity contribution in [2.45, 2.75) is 199 Å². The number of amides is 8. The number of pyridine rings is 1. The molecule has 2 aliphatic heterocycles. The summed E-state index contributed by atoms with van der Waals surface area (Å²) in [6.45, 7) is 15.4. The van der Waals surface area contributed by atoms with Crippen LogP contribution >= 0.6 is 0 Å². The zero-order chi connectivity index (χ0) is 63.6. The molecule has 0 spiro atoms. The van der Waals surface area contributed by atoms with Crippen LogP contribution in [-0.4, -0.2) is 197 Å². The van der Waals surface area contributed by atoms with E-state index in [-0.39, 0.29) is 68.9 Å². The van der Waals surface area contributed by atoms with Crippen LogP contribution in [0.3, 0.4) is 0 Å². The summed E-state index contributed by atoms with van der Waals surface area (Å²) in [5.41, 5.74) is 0.701. The molecule has 8 amide bonds. The Morgan fingerprint density at radius 2 is 1.55 bits per heavy atom. The summed E-state index contributed by atoms with van der Waals surface area (Å²) in [4.78, 5) is 128. The van der Waals surface area contributed by atoms with Gasteiger partial charge in [-0.1, -0.05) is 84.4 Å². The van der Waals surface area contributed by atoms with E-state index in [1.807, 2.05) is 47.6 Å². The van der Waals surface area contributed by atoms with Gasteiger partial charge in [-0.3, -0.25) is 38.5 Å². The minimum absolute atomic E-state index is 0.0175. The number of aromatic amines is 1. The van der Waals surface area contributed by atoms with E-state index in [4.69, 9.17) is 9.47 Å². The number of H-pyrrole nitrogens is 1. The number of nitrogens with one attached hydrogen (secondary N) is 7. The van der Waals surface area contributed by atoms with Crippen molar-refractivity contribution in [2.24, 2.45) is 23.7 Å². The molecule has 3 aromatic rings. The number of rotatable bonds is 29. The average molecular weight is 1210 g/mol. The third-order valence-corrected chi connectivity index (χ3v) is 15.5. The molecule has 0 aliphatic carbocycles.